The molecule has 1 aliphatic heterocycles. The predicted molar refractivity (Wildman–Crippen MR) is 97.6 cm³/mol. The van der Waals surface area contributed by atoms with Crippen LogP contribution in [0.1, 0.15) is 24.0 Å². The van der Waals surface area contributed by atoms with E-state index in [9.17, 15) is 13.6 Å². The maximum absolute atomic E-state index is 13.2. The van der Waals surface area contributed by atoms with Gasteiger partial charge in [0.2, 0.25) is 5.91 Å². The second-order valence-electron chi connectivity index (χ2n) is 6.99. The number of likely N-dealkylation sites (tertiary alicyclic amines) is 1. The molecule has 3 rings (SSSR count). The minimum atomic E-state index is -0.306. The lowest BCUT2D eigenvalue weighted by molar-refractivity contribution is -0.134. The normalized spacial score (nSPS) is 15.8. The number of hydrogen-bond acceptors (Lipinski definition) is 2. The first-order chi connectivity index (χ1) is 12.5. The summed E-state index contributed by atoms with van der Waals surface area (Å²) in [7, 11) is 2.08. The zero-order valence-corrected chi connectivity index (χ0v) is 15.0. The minimum absolute atomic E-state index is 0.0236. The summed E-state index contributed by atoms with van der Waals surface area (Å²) in [6.07, 6.45) is 2.09. The van der Waals surface area contributed by atoms with Crippen molar-refractivity contribution in [2.24, 2.45) is 0 Å². The number of rotatable bonds is 5. The van der Waals surface area contributed by atoms with Gasteiger partial charge in [-0.1, -0.05) is 24.3 Å². The molecular formula is C21H24F2N2O. The molecule has 1 fully saturated rings. The third-order valence-electron chi connectivity index (χ3n) is 4.98. The van der Waals surface area contributed by atoms with Crippen LogP contribution in [0.4, 0.5) is 8.78 Å². The Bertz CT molecular complexity index is 723. The Morgan fingerprint density at radius 2 is 1.46 bits per heavy atom. The fraction of sp³-hybridized carbons (Fsp3) is 0.381. The molecule has 2 aromatic carbocycles. The van der Waals surface area contributed by atoms with Gasteiger partial charge in [0.05, 0.1) is 6.42 Å². The monoisotopic (exact) mass is 358 g/mol. The Balaban J connectivity index is 1.75. The van der Waals surface area contributed by atoms with Crippen LogP contribution in [-0.2, 0) is 17.8 Å². The molecule has 5 heteroatoms. The molecule has 2 aromatic rings. The molecule has 138 valence electrons. The second-order valence-corrected chi connectivity index (χ2v) is 6.99. The minimum Gasteiger partial charge on any atom is -0.335 e. The number of hydrogen-bond donors (Lipinski definition) is 0. The molecule has 0 radical (unpaired) electrons. The molecular weight excluding hydrogens is 334 g/mol. The van der Waals surface area contributed by atoms with Crippen LogP contribution in [0.5, 0.6) is 0 Å². The van der Waals surface area contributed by atoms with Gasteiger partial charge >= 0.3 is 0 Å². The van der Waals surface area contributed by atoms with Crippen molar-refractivity contribution in [2.75, 3.05) is 20.1 Å². The molecule has 26 heavy (non-hydrogen) atoms. The summed E-state index contributed by atoms with van der Waals surface area (Å²) >= 11 is 0. The summed E-state index contributed by atoms with van der Waals surface area (Å²) in [6.45, 7) is 2.37. The van der Waals surface area contributed by atoms with Gasteiger partial charge in [-0.3, -0.25) is 4.79 Å². The number of carbonyl (C=O) groups is 1. The van der Waals surface area contributed by atoms with Crippen LogP contribution in [0.15, 0.2) is 48.5 Å². The standard InChI is InChI=1S/C21H24F2N2O/c1-24-12-10-20(11-13-24)25(15-17-4-8-19(23)9-5-17)21(26)14-16-2-6-18(22)7-3-16/h2-9,20H,10-15H2,1H3. The average Bonchev–Trinajstić information content (AvgIpc) is 2.64. The van der Waals surface area contributed by atoms with Crippen molar-refractivity contribution in [3.05, 3.63) is 71.3 Å². The molecule has 0 spiro atoms. The van der Waals surface area contributed by atoms with E-state index in [1.165, 1.54) is 24.3 Å². The third-order valence-corrected chi connectivity index (χ3v) is 4.98. The van der Waals surface area contributed by atoms with Crippen LogP contribution in [0.2, 0.25) is 0 Å². The van der Waals surface area contributed by atoms with E-state index in [2.05, 4.69) is 11.9 Å². The lowest BCUT2D eigenvalue weighted by Gasteiger charge is -2.37. The van der Waals surface area contributed by atoms with Gasteiger partial charge < -0.3 is 9.80 Å². The lowest BCUT2D eigenvalue weighted by atomic mass is 10.0. The molecule has 0 bridgehead atoms. The average molecular weight is 358 g/mol. The summed E-state index contributed by atoms with van der Waals surface area (Å²) in [5.41, 5.74) is 1.71. The summed E-state index contributed by atoms with van der Waals surface area (Å²) in [5, 5.41) is 0. The fourth-order valence-corrected chi connectivity index (χ4v) is 3.39. The summed E-state index contributed by atoms with van der Waals surface area (Å²) < 4.78 is 26.3. The molecule has 1 amide bonds. The Hall–Kier alpha value is -2.27. The highest BCUT2D eigenvalue weighted by Gasteiger charge is 2.27. The van der Waals surface area contributed by atoms with E-state index in [0.29, 0.717) is 6.54 Å². The van der Waals surface area contributed by atoms with Crippen molar-refractivity contribution in [1.29, 1.82) is 0 Å². The molecule has 0 unspecified atom stereocenters. The van der Waals surface area contributed by atoms with Gasteiger partial charge in [0.25, 0.3) is 0 Å². The van der Waals surface area contributed by atoms with Crippen LogP contribution >= 0.6 is 0 Å². The zero-order chi connectivity index (χ0) is 18.5. The lowest BCUT2D eigenvalue weighted by Crippen LogP contribution is -2.46. The van der Waals surface area contributed by atoms with Gasteiger partial charge in [0.1, 0.15) is 11.6 Å². The van der Waals surface area contributed by atoms with Gasteiger partial charge in [-0.2, -0.15) is 0 Å². The van der Waals surface area contributed by atoms with Gasteiger partial charge in [0, 0.05) is 12.6 Å². The van der Waals surface area contributed by atoms with Crippen molar-refractivity contribution in [2.45, 2.75) is 31.8 Å². The van der Waals surface area contributed by atoms with Crippen molar-refractivity contribution >= 4 is 5.91 Å². The third kappa shape index (κ3) is 4.88. The largest absolute Gasteiger partial charge is 0.335 e. The van der Waals surface area contributed by atoms with E-state index in [1.807, 2.05) is 4.90 Å². The van der Waals surface area contributed by atoms with Crippen LogP contribution in [0, 0.1) is 11.6 Å². The second kappa shape index (κ2) is 8.41. The van der Waals surface area contributed by atoms with Crippen LogP contribution < -0.4 is 0 Å². The van der Waals surface area contributed by atoms with Crippen molar-refractivity contribution in [1.82, 2.24) is 9.80 Å². The molecule has 0 aromatic heterocycles. The smallest absolute Gasteiger partial charge is 0.227 e. The first-order valence-corrected chi connectivity index (χ1v) is 8.98. The topological polar surface area (TPSA) is 23.6 Å². The summed E-state index contributed by atoms with van der Waals surface area (Å²) in [6, 6.07) is 12.5. The molecule has 1 heterocycles. The highest BCUT2D eigenvalue weighted by molar-refractivity contribution is 5.79. The maximum atomic E-state index is 13.2. The molecule has 0 atom stereocenters. The fourth-order valence-electron chi connectivity index (χ4n) is 3.39. The SMILES string of the molecule is CN1CCC(N(Cc2ccc(F)cc2)C(=O)Cc2ccc(F)cc2)CC1. The van der Waals surface area contributed by atoms with E-state index in [1.54, 1.807) is 24.3 Å². The van der Waals surface area contributed by atoms with Crippen LogP contribution in [0.25, 0.3) is 0 Å². The highest BCUT2D eigenvalue weighted by Crippen LogP contribution is 2.20. The number of halogens is 2. The van der Waals surface area contributed by atoms with Gasteiger partial charge in [-0.25, -0.2) is 8.78 Å². The maximum Gasteiger partial charge on any atom is 0.227 e. The quantitative estimate of drug-likeness (QED) is 0.815. The van der Waals surface area contributed by atoms with E-state index < -0.39 is 0 Å². The number of carbonyl (C=O) groups excluding carboxylic acids is 1. The molecule has 0 saturated carbocycles. The van der Waals surface area contributed by atoms with E-state index in [0.717, 1.165) is 37.1 Å². The predicted octanol–water partition coefficient (Wildman–Crippen LogP) is 3.63. The van der Waals surface area contributed by atoms with Gasteiger partial charge in [-0.15, -0.1) is 0 Å². The van der Waals surface area contributed by atoms with E-state index in [4.69, 9.17) is 0 Å². The number of piperidine rings is 1. The first-order valence-electron chi connectivity index (χ1n) is 8.98. The number of nitrogens with zero attached hydrogens (tertiary/aromatic N) is 2. The van der Waals surface area contributed by atoms with Gasteiger partial charge in [-0.05, 0) is 68.4 Å². The summed E-state index contributed by atoms with van der Waals surface area (Å²) in [4.78, 5) is 17.2. The molecule has 1 saturated heterocycles. The molecule has 0 N–H and O–H groups in total. The summed E-state index contributed by atoms with van der Waals surface area (Å²) in [5.74, 6) is -0.563. The van der Waals surface area contributed by atoms with E-state index >= 15 is 0 Å². The number of amides is 1. The van der Waals surface area contributed by atoms with Crippen LogP contribution in [-0.4, -0.2) is 41.9 Å². The molecule has 1 aliphatic rings. The van der Waals surface area contributed by atoms with Crippen molar-refractivity contribution in [3.8, 4) is 0 Å². The van der Waals surface area contributed by atoms with Crippen molar-refractivity contribution < 1.29 is 13.6 Å². The Labute approximate surface area is 153 Å². The Morgan fingerprint density at radius 3 is 2.00 bits per heavy atom. The Morgan fingerprint density at radius 1 is 0.962 bits per heavy atom. The van der Waals surface area contributed by atoms with E-state index in [-0.39, 0.29) is 30.0 Å². The number of benzene rings is 2. The zero-order valence-electron chi connectivity index (χ0n) is 15.0. The Kier molecular flexibility index (Phi) is 5.99. The first kappa shape index (κ1) is 18.5. The van der Waals surface area contributed by atoms with Crippen molar-refractivity contribution in [3.63, 3.8) is 0 Å². The highest BCUT2D eigenvalue weighted by atomic mass is 19.1. The van der Waals surface area contributed by atoms with Crippen LogP contribution in [0.3, 0.4) is 0 Å². The molecule has 0 aliphatic carbocycles. The van der Waals surface area contributed by atoms with Gasteiger partial charge in [0.15, 0.2) is 0 Å². The molecule has 3 nitrogen and oxygen atoms in total.